The van der Waals surface area contributed by atoms with Gasteiger partial charge in [-0.1, -0.05) is 0 Å². The number of hydrogen-bond acceptors (Lipinski definition) is 4. The van der Waals surface area contributed by atoms with Crippen LogP contribution in [0.2, 0.25) is 0 Å². The summed E-state index contributed by atoms with van der Waals surface area (Å²) in [5, 5.41) is 2.49. The molecule has 0 aliphatic carbocycles. The molecule has 0 saturated carbocycles. The van der Waals surface area contributed by atoms with Crippen LogP contribution in [0.25, 0.3) is 0 Å². The van der Waals surface area contributed by atoms with Crippen molar-refractivity contribution in [2.75, 3.05) is 25.6 Å². The molecule has 1 fully saturated rings. The Morgan fingerprint density at radius 3 is 2.36 bits per heavy atom. The van der Waals surface area contributed by atoms with E-state index in [0.717, 1.165) is 13.0 Å². The molecule has 1 heterocycles. The highest BCUT2D eigenvalue weighted by atomic mass is 32.3. The van der Waals surface area contributed by atoms with Crippen LogP contribution < -0.4 is 5.32 Å². The number of piperidine rings is 1. The average molecular weight is 240 g/mol. The van der Waals surface area contributed by atoms with Gasteiger partial charge in [-0.25, -0.2) is 12.6 Å². The van der Waals surface area contributed by atoms with Crippen molar-refractivity contribution >= 4 is 19.8 Å². The van der Waals surface area contributed by atoms with Crippen LogP contribution >= 0.6 is 0 Å². The molecule has 0 aromatic heterocycles. The second-order valence-corrected chi connectivity index (χ2v) is 8.39. The zero-order chi connectivity index (χ0) is 10.8. The Morgan fingerprint density at radius 2 is 1.93 bits per heavy atom. The second-order valence-electron chi connectivity index (χ2n) is 3.74. The van der Waals surface area contributed by atoms with Crippen molar-refractivity contribution in [2.45, 2.75) is 18.1 Å². The summed E-state index contributed by atoms with van der Waals surface area (Å²) < 4.78 is 37.9. The van der Waals surface area contributed by atoms with Gasteiger partial charge in [0, 0.05) is 19.1 Å². The highest BCUT2D eigenvalue weighted by molar-refractivity contribution is 8.02. The van der Waals surface area contributed by atoms with Gasteiger partial charge >= 0.3 is 0 Å². The molecular formula is C7H16N2O3S2. The lowest BCUT2D eigenvalue weighted by molar-refractivity contribution is 0.498. The molecule has 1 atom stereocenters. The van der Waals surface area contributed by atoms with Crippen LogP contribution in [-0.4, -0.2) is 43.5 Å². The molecule has 1 unspecified atom stereocenters. The lowest BCUT2D eigenvalue weighted by atomic mass is 10.2. The van der Waals surface area contributed by atoms with Gasteiger partial charge in [-0.05, 0) is 19.4 Å². The third kappa shape index (κ3) is 3.55. The van der Waals surface area contributed by atoms with Gasteiger partial charge in [0.15, 0.2) is 0 Å². The van der Waals surface area contributed by atoms with E-state index in [9.17, 15) is 12.6 Å². The fraction of sp³-hybridized carbons (Fsp3) is 1.00. The maximum Gasteiger partial charge on any atom is 0.264 e. The van der Waals surface area contributed by atoms with Crippen molar-refractivity contribution in [1.82, 2.24) is 5.32 Å². The number of hydrogen-bond donors (Lipinski definition) is 1. The van der Waals surface area contributed by atoms with Crippen LogP contribution in [0.15, 0.2) is 3.77 Å². The Balaban J connectivity index is 2.91. The maximum absolute atomic E-state index is 11.6. The highest BCUT2D eigenvalue weighted by Gasteiger charge is 2.27. The summed E-state index contributed by atoms with van der Waals surface area (Å²) in [6.45, 7) is 1.26. The Hall–Kier alpha value is -0.140. The summed E-state index contributed by atoms with van der Waals surface area (Å²) >= 11 is 0. The Kier molecular flexibility index (Phi) is 3.54. The molecule has 84 valence electrons. The van der Waals surface area contributed by atoms with Gasteiger partial charge in [-0.15, -0.1) is 3.77 Å². The van der Waals surface area contributed by atoms with Crippen molar-refractivity contribution in [3.8, 4) is 0 Å². The molecule has 1 rings (SSSR count). The minimum Gasteiger partial charge on any atom is -0.315 e. The van der Waals surface area contributed by atoms with Crippen LogP contribution in [0.1, 0.15) is 12.8 Å². The molecule has 0 aromatic carbocycles. The van der Waals surface area contributed by atoms with Crippen LogP contribution in [0.4, 0.5) is 0 Å². The van der Waals surface area contributed by atoms with Crippen LogP contribution in [0, 0.1) is 0 Å². The zero-order valence-corrected chi connectivity index (χ0v) is 10.0. The third-order valence-electron chi connectivity index (χ3n) is 1.96. The quantitative estimate of drug-likeness (QED) is 0.725. The molecule has 0 radical (unpaired) electrons. The SMILES string of the molecule is CS(C)(=O)=NS(=O)(=O)C1CCCNC1. The molecule has 0 aromatic rings. The minimum atomic E-state index is -3.55. The van der Waals surface area contributed by atoms with E-state index in [2.05, 4.69) is 9.08 Å². The molecule has 0 bridgehead atoms. The monoisotopic (exact) mass is 240 g/mol. The van der Waals surface area contributed by atoms with Crippen LogP contribution in [-0.2, 0) is 19.8 Å². The highest BCUT2D eigenvalue weighted by Crippen LogP contribution is 2.14. The summed E-state index contributed by atoms with van der Waals surface area (Å²) in [6, 6.07) is 0. The van der Waals surface area contributed by atoms with Gasteiger partial charge in [0.1, 0.15) is 0 Å². The Labute approximate surface area is 85.5 Å². The largest absolute Gasteiger partial charge is 0.315 e. The van der Waals surface area contributed by atoms with Gasteiger partial charge in [-0.3, -0.25) is 0 Å². The molecular weight excluding hydrogens is 224 g/mol. The van der Waals surface area contributed by atoms with E-state index in [4.69, 9.17) is 0 Å². The van der Waals surface area contributed by atoms with Crippen molar-refractivity contribution in [3.63, 3.8) is 0 Å². The maximum atomic E-state index is 11.6. The first-order valence-corrected chi connectivity index (χ1v) is 8.28. The van der Waals surface area contributed by atoms with Gasteiger partial charge in [-0.2, -0.15) is 0 Å². The standard InChI is InChI=1S/C7H16N2O3S2/c1-13(2,10)9-14(11,12)7-4-3-5-8-6-7/h7-8H,3-6H2,1-2H3. The predicted molar refractivity (Wildman–Crippen MR) is 57.2 cm³/mol. The lowest BCUT2D eigenvalue weighted by Gasteiger charge is -2.20. The van der Waals surface area contributed by atoms with Crippen LogP contribution in [0.5, 0.6) is 0 Å². The first kappa shape index (κ1) is 11.9. The first-order chi connectivity index (χ1) is 6.31. The molecule has 7 heteroatoms. The summed E-state index contributed by atoms with van der Waals surface area (Å²) in [5.41, 5.74) is 0. The van der Waals surface area contributed by atoms with E-state index >= 15 is 0 Å². The van der Waals surface area contributed by atoms with E-state index in [1.165, 1.54) is 12.5 Å². The number of nitrogens with zero attached hydrogens (tertiary/aromatic N) is 1. The van der Waals surface area contributed by atoms with Crippen molar-refractivity contribution in [3.05, 3.63) is 0 Å². The summed E-state index contributed by atoms with van der Waals surface area (Å²) in [7, 11) is -6.13. The number of rotatable bonds is 2. The van der Waals surface area contributed by atoms with Gasteiger partial charge in [0.05, 0.1) is 15.0 Å². The Bertz CT molecular complexity index is 393. The van der Waals surface area contributed by atoms with Gasteiger partial charge < -0.3 is 5.32 Å². The molecule has 1 N–H and O–H groups in total. The van der Waals surface area contributed by atoms with E-state index in [1.54, 1.807) is 0 Å². The van der Waals surface area contributed by atoms with E-state index in [1.807, 2.05) is 0 Å². The normalized spacial score (nSPS) is 24.6. The van der Waals surface area contributed by atoms with Gasteiger partial charge in [0.25, 0.3) is 10.0 Å². The fourth-order valence-electron chi connectivity index (χ4n) is 1.39. The van der Waals surface area contributed by atoms with E-state index in [-0.39, 0.29) is 0 Å². The molecule has 0 spiro atoms. The van der Waals surface area contributed by atoms with Crippen LogP contribution in [0.3, 0.4) is 0 Å². The van der Waals surface area contributed by atoms with Gasteiger partial charge in [0.2, 0.25) is 0 Å². The van der Waals surface area contributed by atoms with Crippen molar-refractivity contribution < 1.29 is 12.6 Å². The average Bonchev–Trinajstić information content (AvgIpc) is 2.01. The van der Waals surface area contributed by atoms with E-state index in [0.29, 0.717) is 13.0 Å². The fourth-order valence-corrected chi connectivity index (χ4v) is 4.67. The molecule has 1 saturated heterocycles. The Morgan fingerprint density at radius 1 is 1.29 bits per heavy atom. The van der Waals surface area contributed by atoms with Crippen molar-refractivity contribution in [1.29, 1.82) is 0 Å². The molecule has 14 heavy (non-hydrogen) atoms. The summed E-state index contributed by atoms with van der Waals surface area (Å²) in [4.78, 5) is 0. The first-order valence-electron chi connectivity index (χ1n) is 4.44. The van der Waals surface area contributed by atoms with E-state index < -0.39 is 25.0 Å². The minimum absolute atomic E-state index is 0.418. The molecule has 0 amide bonds. The molecule has 5 nitrogen and oxygen atoms in total. The predicted octanol–water partition coefficient (Wildman–Crippen LogP) is -0.204. The number of nitrogens with one attached hydrogen (secondary N) is 1. The molecule has 1 aliphatic rings. The molecule has 1 aliphatic heterocycles. The third-order valence-corrected chi connectivity index (χ3v) is 5.47. The summed E-state index contributed by atoms with van der Waals surface area (Å²) in [6.07, 6.45) is 4.10. The smallest absolute Gasteiger partial charge is 0.264 e. The summed E-state index contributed by atoms with van der Waals surface area (Å²) in [5.74, 6) is 0. The zero-order valence-electron chi connectivity index (χ0n) is 8.39. The number of sulfonamides is 1. The second kappa shape index (κ2) is 4.16. The van der Waals surface area contributed by atoms with Crippen molar-refractivity contribution in [2.24, 2.45) is 3.77 Å². The topological polar surface area (TPSA) is 75.6 Å². The lowest BCUT2D eigenvalue weighted by Crippen LogP contribution is -2.38.